The van der Waals surface area contributed by atoms with Gasteiger partial charge in [0.05, 0.1) is 11.6 Å². The number of hydrogen-bond donors (Lipinski definition) is 2. The molecule has 1 saturated heterocycles. The number of primary amides is 1. The van der Waals surface area contributed by atoms with Crippen molar-refractivity contribution in [3.05, 3.63) is 81.5 Å². The molecule has 8 heteroatoms. The summed E-state index contributed by atoms with van der Waals surface area (Å²) in [7, 11) is 0. The summed E-state index contributed by atoms with van der Waals surface area (Å²) in [4.78, 5) is 18.1. The van der Waals surface area contributed by atoms with E-state index >= 15 is 0 Å². The van der Waals surface area contributed by atoms with Crippen molar-refractivity contribution < 1.29 is 9.53 Å². The molecular formula is C27H28ClN5O2. The Morgan fingerprint density at radius 1 is 1.17 bits per heavy atom. The first-order valence-corrected chi connectivity index (χ1v) is 11.9. The van der Waals surface area contributed by atoms with E-state index in [0.29, 0.717) is 27.8 Å². The number of aryl methyl sites for hydroxylation is 2. The molecular weight excluding hydrogens is 462 g/mol. The predicted molar refractivity (Wildman–Crippen MR) is 137 cm³/mol. The largest absolute Gasteiger partial charge is 0.457 e. The standard InChI is InChI=1S/C27H28ClN5O2/c1-17-11-20(15-29)12-18(2)26(17)35-23-13-24(28)32-25(14-23)31-22-7-9-33(10-8-22)16-19-3-5-21(6-4-19)27(30)34/h3-6,11-14,22H,7-10,16H2,1-2H3,(H2,30,34)(H,31,32). The number of nitriles is 1. The number of nitrogens with two attached hydrogens (primary N) is 1. The van der Waals surface area contributed by atoms with Gasteiger partial charge in [0.15, 0.2) is 0 Å². The van der Waals surface area contributed by atoms with Gasteiger partial charge < -0.3 is 15.8 Å². The van der Waals surface area contributed by atoms with E-state index < -0.39 is 5.91 Å². The second kappa shape index (κ2) is 10.8. The van der Waals surface area contributed by atoms with Gasteiger partial charge in [0, 0.05) is 43.4 Å². The van der Waals surface area contributed by atoms with Gasteiger partial charge in [0.2, 0.25) is 5.91 Å². The van der Waals surface area contributed by atoms with E-state index in [4.69, 9.17) is 22.1 Å². The number of amides is 1. The number of carbonyl (C=O) groups is 1. The zero-order valence-corrected chi connectivity index (χ0v) is 20.6. The van der Waals surface area contributed by atoms with Gasteiger partial charge in [-0.05, 0) is 67.6 Å². The van der Waals surface area contributed by atoms with Gasteiger partial charge in [0.25, 0.3) is 0 Å². The van der Waals surface area contributed by atoms with Gasteiger partial charge in [-0.15, -0.1) is 0 Å². The van der Waals surface area contributed by atoms with Crippen molar-refractivity contribution in [1.29, 1.82) is 5.26 Å². The monoisotopic (exact) mass is 489 g/mol. The zero-order valence-electron chi connectivity index (χ0n) is 19.8. The Kier molecular flexibility index (Phi) is 7.54. The fourth-order valence-corrected chi connectivity index (χ4v) is 4.58. The van der Waals surface area contributed by atoms with Crippen molar-refractivity contribution in [1.82, 2.24) is 9.88 Å². The number of anilines is 1. The van der Waals surface area contributed by atoms with Crippen LogP contribution in [0.25, 0.3) is 0 Å². The Balaban J connectivity index is 1.36. The van der Waals surface area contributed by atoms with Crippen LogP contribution in [-0.4, -0.2) is 34.9 Å². The van der Waals surface area contributed by atoms with Gasteiger partial charge in [-0.2, -0.15) is 5.26 Å². The van der Waals surface area contributed by atoms with Gasteiger partial charge in [-0.3, -0.25) is 9.69 Å². The first-order chi connectivity index (χ1) is 16.8. The topological polar surface area (TPSA) is 104 Å². The van der Waals surface area contributed by atoms with Crippen LogP contribution in [0.3, 0.4) is 0 Å². The molecule has 0 radical (unpaired) electrons. The van der Waals surface area contributed by atoms with Crippen molar-refractivity contribution in [2.24, 2.45) is 5.73 Å². The van der Waals surface area contributed by atoms with Crippen LogP contribution in [0.5, 0.6) is 11.5 Å². The SMILES string of the molecule is Cc1cc(C#N)cc(C)c1Oc1cc(Cl)nc(NC2CCN(Cc3ccc(C(N)=O)cc3)CC2)c1. The number of nitrogens with one attached hydrogen (secondary N) is 1. The average molecular weight is 490 g/mol. The smallest absolute Gasteiger partial charge is 0.248 e. The van der Waals surface area contributed by atoms with Crippen LogP contribution >= 0.6 is 11.6 Å². The summed E-state index contributed by atoms with van der Waals surface area (Å²) >= 11 is 6.29. The summed E-state index contributed by atoms with van der Waals surface area (Å²) < 4.78 is 6.15. The number of benzene rings is 2. The molecule has 3 aromatic rings. The Morgan fingerprint density at radius 3 is 2.43 bits per heavy atom. The third-order valence-corrected chi connectivity index (χ3v) is 6.35. The normalized spacial score (nSPS) is 14.3. The molecule has 4 rings (SSSR count). The molecule has 0 spiro atoms. The number of nitrogens with zero attached hydrogens (tertiary/aromatic N) is 3. The highest BCUT2D eigenvalue weighted by Crippen LogP contribution is 2.32. The Bertz CT molecular complexity index is 1240. The van der Waals surface area contributed by atoms with E-state index in [2.05, 4.69) is 21.3 Å². The van der Waals surface area contributed by atoms with Crippen molar-refractivity contribution in [3.8, 4) is 17.6 Å². The molecule has 7 nitrogen and oxygen atoms in total. The third kappa shape index (κ3) is 6.30. The van der Waals surface area contributed by atoms with Gasteiger partial charge in [-0.25, -0.2) is 4.98 Å². The third-order valence-electron chi connectivity index (χ3n) is 6.16. The van der Waals surface area contributed by atoms with E-state index in [0.717, 1.165) is 54.9 Å². The van der Waals surface area contributed by atoms with Gasteiger partial charge >= 0.3 is 0 Å². The molecule has 1 aliphatic heterocycles. The van der Waals surface area contributed by atoms with Crippen LogP contribution in [0.1, 0.15) is 45.5 Å². The number of pyridine rings is 1. The lowest BCUT2D eigenvalue weighted by molar-refractivity contribution is 0.1000. The van der Waals surface area contributed by atoms with Crippen molar-refractivity contribution in [2.45, 2.75) is 39.3 Å². The number of carbonyl (C=O) groups excluding carboxylic acids is 1. The van der Waals surface area contributed by atoms with Crippen molar-refractivity contribution in [2.75, 3.05) is 18.4 Å². The maximum atomic E-state index is 11.2. The molecule has 3 N–H and O–H groups in total. The summed E-state index contributed by atoms with van der Waals surface area (Å²) in [6.07, 6.45) is 1.94. The quantitative estimate of drug-likeness (QED) is 0.442. The lowest BCUT2D eigenvalue weighted by Crippen LogP contribution is -2.38. The zero-order chi connectivity index (χ0) is 24.9. The average Bonchev–Trinajstić information content (AvgIpc) is 2.82. The molecule has 0 unspecified atom stereocenters. The summed E-state index contributed by atoms with van der Waals surface area (Å²) in [6, 6.07) is 17.1. The van der Waals surface area contributed by atoms with E-state index in [1.807, 2.05) is 44.2 Å². The minimum absolute atomic E-state index is 0.278. The molecule has 180 valence electrons. The van der Waals surface area contributed by atoms with E-state index in [1.165, 1.54) is 0 Å². The van der Waals surface area contributed by atoms with Gasteiger partial charge in [-0.1, -0.05) is 23.7 Å². The number of halogens is 1. The summed E-state index contributed by atoms with van der Waals surface area (Å²) in [6.45, 7) is 6.57. The maximum absolute atomic E-state index is 11.2. The molecule has 1 fully saturated rings. The highest BCUT2D eigenvalue weighted by Gasteiger charge is 2.20. The fourth-order valence-electron chi connectivity index (χ4n) is 4.38. The maximum Gasteiger partial charge on any atom is 0.248 e. The minimum atomic E-state index is -0.409. The predicted octanol–water partition coefficient (Wildman–Crippen LogP) is 5.19. The second-order valence-electron chi connectivity index (χ2n) is 8.92. The van der Waals surface area contributed by atoms with E-state index in [9.17, 15) is 10.1 Å². The highest BCUT2D eigenvalue weighted by atomic mass is 35.5. The number of rotatable bonds is 7. The number of ether oxygens (including phenoxy) is 1. The molecule has 0 aliphatic carbocycles. The number of hydrogen-bond acceptors (Lipinski definition) is 6. The molecule has 1 aromatic heterocycles. The Labute approximate surface area is 210 Å². The highest BCUT2D eigenvalue weighted by molar-refractivity contribution is 6.29. The molecule has 0 bridgehead atoms. The summed E-state index contributed by atoms with van der Waals surface area (Å²) in [5.74, 6) is 1.58. The molecule has 2 aromatic carbocycles. The number of piperidine rings is 1. The molecule has 0 saturated carbocycles. The number of likely N-dealkylation sites (tertiary alicyclic amines) is 1. The van der Waals surface area contributed by atoms with E-state index in [-0.39, 0.29) is 6.04 Å². The Hall–Kier alpha value is -3.60. The van der Waals surface area contributed by atoms with Crippen LogP contribution in [0.2, 0.25) is 5.15 Å². The lowest BCUT2D eigenvalue weighted by atomic mass is 10.0. The van der Waals surface area contributed by atoms with Crippen molar-refractivity contribution >= 4 is 23.3 Å². The van der Waals surface area contributed by atoms with Crippen LogP contribution in [0.4, 0.5) is 5.82 Å². The fraction of sp³-hybridized carbons (Fsp3) is 0.296. The molecule has 1 aliphatic rings. The van der Waals surface area contributed by atoms with Gasteiger partial charge in [0.1, 0.15) is 22.5 Å². The molecule has 0 atom stereocenters. The second-order valence-corrected chi connectivity index (χ2v) is 9.31. The molecule has 2 heterocycles. The van der Waals surface area contributed by atoms with Crippen LogP contribution in [0, 0.1) is 25.2 Å². The molecule has 35 heavy (non-hydrogen) atoms. The van der Waals surface area contributed by atoms with E-state index in [1.54, 1.807) is 18.2 Å². The van der Waals surface area contributed by atoms with Crippen LogP contribution in [-0.2, 0) is 6.54 Å². The van der Waals surface area contributed by atoms with Crippen molar-refractivity contribution in [3.63, 3.8) is 0 Å². The summed E-state index contributed by atoms with van der Waals surface area (Å²) in [5.41, 5.74) is 9.39. The first kappa shape index (κ1) is 24.5. The Morgan fingerprint density at radius 2 is 1.83 bits per heavy atom. The lowest BCUT2D eigenvalue weighted by Gasteiger charge is -2.32. The first-order valence-electron chi connectivity index (χ1n) is 11.5. The summed E-state index contributed by atoms with van der Waals surface area (Å²) in [5, 5.41) is 13.0. The minimum Gasteiger partial charge on any atom is -0.457 e. The molecule has 1 amide bonds. The van der Waals surface area contributed by atoms with Crippen LogP contribution < -0.4 is 15.8 Å². The number of aromatic nitrogens is 1. The van der Waals surface area contributed by atoms with Crippen LogP contribution in [0.15, 0.2) is 48.5 Å².